The van der Waals surface area contributed by atoms with Gasteiger partial charge in [-0.2, -0.15) is 0 Å². The molecule has 12 nitrogen and oxygen atoms in total. The van der Waals surface area contributed by atoms with Crippen molar-refractivity contribution < 1.29 is 23.8 Å². The zero-order chi connectivity index (χ0) is 29.0. The average Bonchev–Trinajstić information content (AvgIpc) is 3.39. The summed E-state index contributed by atoms with van der Waals surface area (Å²) in [5, 5.41) is 16.4. The molecule has 2 saturated heterocycles. The third-order valence-corrected chi connectivity index (χ3v) is 7.92. The molecule has 0 aliphatic carbocycles. The zero-order valence-electron chi connectivity index (χ0n) is 22.8. The van der Waals surface area contributed by atoms with E-state index >= 15 is 0 Å². The standard InChI is InChI=1S/C29H28FN7O5/c1-31-22-12-17(30)11-18-23-25(35-2-6-41-7-3-35)20(14-32-27(23)34-24(18)22)16-10-19-26(38)21(29(39)40)15-37(28(19)33-13-16)36-4-8-42-9-5-36/h10-15,31H,2-9H2,1H3,(H,32,34)(H,39,40). The lowest BCUT2D eigenvalue weighted by molar-refractivity contribution is 0.0694. The molecule has 0 radical (unpaired) electrons. The van der Waals surface area contributed by atoms with Crippen LogP contribution in [-0.4, -0.2) is 90.4 Å². The topological polar surface area (TPSA) is 138 Å². The number of morpholine rings is 2. The molecule has 3 N–H and O–H groups in total. The number of nitrogens with zero attached hydrogens (tertiary/aromatic N) is 5. The first kappa shape index (κ1) is 26.2. The Kier molecular flexibility index (Phi) is 6.39. The second-order valence-corrected chi connectivity index (χ2v) is 10.3. The fraction of sp³-hybridized carbons (Fsp3) is 0.310. The van der Waals surface area contributed by atoms with Gasteiger partial charge >= 0.3 is 5.97 Å². The van der Waals surface area contributed by atoms with E-state index < -0.39 is 11.4 Å². The van der Waals surface area contributed by atoms with Crippen LogP contribution >= 0.6 is 0 Å². The number of carboxylic acids is 1. The number of aromatic amines is 1. The lowest BCUT2D eigenvalue weighted by Crippen LogP contribution is -2.45. The molecule has 4 aromatic heterocycles. The summed E-state index contributed by atoms with van der Waals surface area (Å²) in [4.78, 5) is 40.4. The van der Waals surface area contributed by atoms with Crippen LogP contribution in [0.3, 0.4) is 0 Å². The maximum absolute atomic E-state index is 14.8. The fourth-order valence-electron chi connectivity index (χ4n) is 5.91. The number of carboxylic acid groups (broad SMARTS) is 1. The van der Waals surface area contributed by atoms with Crippen molar-refractivity contribution in [1.82, 2.24) is 19.6 Å². The first-order chi connectivity index (χ1) is 20.4. The average molecular weight is 574 g/mol. The number of aromatic nitrogens is 4. The molecule has 0 saturated carbocycles. The van der Waals surface area contributed by atoms with Crippen molar-refractivity contribution in [3.63, 3.8) is 0 Å². The molecular formula is C29H28FN7O5. The lowest BCUT2D eigenvalue weighted by Gasteiger charge is -2.32. The van der Waals surface area contributed by atoms with E-state index in [2.05, 4.69) is 15.2 Å². The number of H-pyrrole nitrogens is 1. The molecule has 5 aromatic rings. The van der Waals surface area contributed by atoms with Gasteiger partial charge in [-0.05, 0) is 18.2 Å². The molecule has 13 heteroatoms. The Balaban J connectivity index is 1.50. The van der Waals surface area contributed by atoms with Crippen LogP contribution in [0.2, 0.25) is 0 Å². The quantitative estimate of drug-likeness (QED) is 0.288. The maximum Gasteiger partial charge on any atom is 0.341 e. The van der Waals surface area contributed by atoms with Crippen molar-refractivity contribution in [3.05, 3.63) is 58.4 Å². The number of carbonyl (C=O) groups is 1. The summed E-state index contributed by atoms with van der Waals surface area (Å²) in [7, 11) is 1.73. The summed E-state index contributed by atoms with van der Waals surface area (Å²) in [6, 6.07) is 4.60. The summed E-state index contributed by atoms with van der Waals surface area (Å²) < 4.78 is 27.5. The van der Waals surface area contributed by atoms with Crippen molar-refractivity contribution in [1.29, 1.82) is 0 Å². The number of halogens is 1. The molecular weight excluding hydrogens is 545 g/mol. The number of nitrogens with one attached hydrogen (secondary N) is 2. The summed E-state index contributed by atoms with van der Waals surface area (Å²) in [5.41, 5.74) is 3.40. The predicted octanol–water partition coefficient (Wildman–Crippen LogP) is 2.78. The number of aromatic carboxylic acids is 1. The Morgan fingerprint density at radius 1 is 1.02 bits per heavy atom. The molecule has 1 aromatic carbocycles. The van der Waals surface area contributed by atoms with Crippen molar-refractivity contribution >= 4 is 50.3 Å². The van der Waals surface area contributed by atoms with Crippen LogP contribution in [0.1, 0.15) is 10.4 Å². The number of benzene rings is 1. The first-order valence-electron chi connectivity index (χ1n) is 13.7. The van der Waals surface area contributed by atoms with Crippen LogP contribution in [0.25, 0.3) is 44.1 Å². The molecule has 6 heterocycles. The van der Waals surface area contributed by atoms with Gasteiger partial charge in [0.05, 0.1) is 67.2 Å². The molecule has 2 aliphatic rings. The molecule has 0 bridgehead atoms. The molecule has 0 amide bonds. The van der Waals surface area contributed by atoms with Gasteiger partial charge in [0, 0.05) is 55.2 Å². The van der Waals surface area contributed by atoms with E-state index in [-0.39, 0.29) is 16.8 Å². The van der Waals surface area contributed by atoms with Crippen molar-refractivity contribution in [2.24, 2.45) is 0 Å². The van der Waals surface area contributed by atoms with Crippen molar-refractivity contribution in [2.45, 2.75) is 0 Å². The Labute approximate surface area is 238 Å². The van der Waals surface area contributed by atoms with Gasteiger partial charge < -0.3 is 34.8 Å². The Morgan fingerprint density at radius 2 is 1.76 bits per heavy atom. The van der Waals surface area contributed by atoms with E-state index in [1.54, 1.807) is 30.2 Å². The summed E-state index contributed by atoms with van der Waals surface area (Å²) in [5.74, 6) is -1.70. The second kappa shape index (κ2) is 10.3. The van der Waals surface area contributed by atoms with E-state index in [1.165, 1.54) is 18.3 Å². The van der Waals surface area contributed by atoms with Gasteiger partial charge in [-0.3, -0.25) is 4.79 Å². The molecule has 216 valence electrons. The van der Waals surface area contributed by atoms with E-state index in [9.17, 15) is 19.1 Å². The maximum atomic E-state index is 14.8. The lowest BCUT2D eigenvalue weighted by atomic mass is 10.0. The minimum absolute atomic E-state index is 0.175. The minimum atomic E-state index is -1.31. The SMILES string of the molecule is CNc1cc(F)cc2c1[nH]c1ncc(-c3cnc4c(c3)c(=O)c(C(=O)O)cn4N3CCOCC3)c(N3CCOCC3)c12. The molecule has 7 rings (SSSR count). The third kappa shape index (κ3) is 4.20. The van der Waals surface area contributed by atoms with Gasteiger partial charge in [0.25, 0.3) is 0 Å². The van der Waals surface area contributed by atoms with Gasteiger partial charge in [0.1, 0.15) is 17.0 Å². The van der Waals surface area contributed by atoms with Crippen LogP contribution in [-0.2, 0) is 9.47 Å². The third-order valence-electron chi connectivity index (χ3n) is 7.92. The highest BCUT2D eigenvalue weighted by Gasteiger charge is 2.25. The van der Waals surface area contributed by atoms with Crippen LogP contribution in [0.4, 0.5) is 15.8 Å². The number of anilines is 2. The predicted molar refractivity (Wildman–Crippen MR) is 157 cm³/mol. The smallest absolute Gasteiger partial charge is 0.341 e. The molecule has 2 aliphatic heterocycles. The largest absolute Gasteiger partial charge is 0.477 e. The number of ether oxygens (including phenoxy) is 2. The van der Waals surface area contributed by atoms with Gasteiger partial charge in [-0.1, -0.05) is 0 Å². The number of pyridine rings is 3. The molecule has 0 spiro atoms. The normalized spacial score (nSPS) is 16.0. The summed E-state index contributed by atoms with van der Waals surface area (Å²) in [6.45, 7) is 4.23. The highest BCUT2D eigenvalue weighted by molar-refractivity contribution is 6.17. The van der Waals surface area contributed by atoms with Crippen LogP contribution in [0.5, 0.6) is 0 Å². The van der Waals surface area contributed by atoms with Gasteiger partial charge in [-0.25, -0.2) is 23.8 Å². The Bertz CT molecular complexity index is 1930. The Hall–Kier alpha value is -4.75. The highest BCUT2D eigenvalue weighted by Crippen LogP contribution is 2.42. The van der Waals surface area contributed by atoms with Crippen LogP contribution < -0.4 is 20.7 Å². The molecule has 42 heavy (non-hydrogen) atoms. The minimum Gasteiger partial charge on any atom is -0.477 e. The first-order valence-corrected chi connectivity index (χ1v) is 13.7. The fourth-order valence-corrected chi connectivity index (χ4v) is 5.91. The number of hydrogen-bond donors (Lipinski definition) is 3. The van der Waals surface area contributed by atoms with Crippen molar-refractivity contribution in [2.75, 3.05) is 74.9 Å². The monoisotopic (exact) mass is 573 g/mol. The molecule has 0 unspecified atom stereocenters. The number of hydrogen-bond acceptors (Lipinski definition) is 9. The van der Waals surface area contributed by atoms with Gasteiger partial charge in [-0.15, -0.1) is 0 Å². The van der Waals surface area contributed by atoms with Gasteiger partial charge in [0.15, 0.2) is 5.65 Å². The van der Waals surface area contributed by atoms with Crippen LogP contribution in [0.15, 0.2) is 41.6 Å². The van der Waals surface area contributed by atoms with E-state index in [1.807, 2.05) is 5.01 Å². The summed E-state index contributed by atoms with van der Waals surface area (Å²) in [6.07, 6.45) is 4.71. The number of fused-ring (bicyclic) bond motifs is 4. The Morgan fingerprint density at radius 3 is 2.48 bits per heavy atom. The van der Waals surface area contributed by atoms with Crippen molar-refractivity contribution in [3.8, 4) is 11.1 Å². The zero-order valence-corrected chi connectivity index (χ0v) is 22.8. The number of rotatable bonds is 5. The second-order valence-electron chi connectivity index (χ2n) is 10.3. The molecule has 0 atom stereocenters. The van der Waals surface area contributed by atoms with Gasteiger partial charge in [0.2, 0.25) is 5.43 Å². The highest BCUT2D eigenvalue weighted by atomic mass is 19.1. The van der Waals surface area contributed by atoms with E-state index in [0.29, 0.717) is 86.1 Å². The molecule has 2 fully saturated rings. The van der Waals surface area contributed by atoms with E-state index in [4.69, 9.17) is 19.4 Å². The summed E-state index contributed by atoms with van der Waals surface area (Å²) >= 11 is 0. The van der Waals surface area contributed by atoms with Crippen LogP contribution in [0, 0.1) is 5.82 Å². The van der Waals surface area contributed by atoms with E-state index in [0.717, 1.165) is 16.6 Å².